The third-order valence-electron chi connectivity index (χ3n) is 14.0. The highest BCUT2D eigenvalue weighted by Gasteiger charge is 2.22. The number of hydrogen-bond acceptors (Lipinski definition) is 26. The zero-order valence-electron chi connectivity index (χ0n) is 61.5. The van der Waals surface area contributed by atoms with Gasteiger partial charge in [-0.15, -0.1) is 0 Å². The van der Waals surface area contributed by atoms with Gasteiger partial charge in [0.2, 0.25) is 23.6 Å². The second kappa shape index (κ2) is 61.8. The highest BCUT2D eigenvalue weighted by molar-refractivity contribution is 6.02. The minimum Gasteiger partial charge on any atom is -0.492 e. The van der Waals surface area contributed by atoms with Crippen molar-refractivity contribution in [3.05, 3.63) is 79.5 Å². The summed E-state index contributed by atoms with van der Waals surface area (Å²) in [5.74, 6) is -7.01. The topological polar surface area (TPSA) is 566 Å². The van der Waals surface area contributed by atoms with Crippen LogP contribution in [-0.2, 0) is 85.8 Å². The number of carboxylic acid groups (broad SMARTS) is 2. The lowest BCUT2D eigenvalue weighted by atomic mass is 10.1. The van der Waals surface area contributed by atoms with Crippen LogP contribution in [0.4, 0.5) is 0 Å². The number of carbonyl (C=O) groups excluding carboxylic acids is 12. The first-order valence-corrected chi connectivity index (χ1v) is 34.7. The summed E-state index contributed by atoms with van der Waals surface area (Å²) in [6, 6.07) is 6.32. The Labute approximate surface area is 624 Å². The number of amides is 8. The molecule has 0 saturated heterocycles. The van der Waals surface area contributed by atoms with Crippen molar-refractivity contribution in [2.45, 2.75) is 104 Å². The molecule has 0 fully saturated rings. The van der Waals surface area contributed by atoms with Crippen LogP contribution in [0.1, 0.15) is 133 Å². The van der Waals surface area contributed by atoms with Gasteiger partial charge in [-0.3, -0.25) is 57.5 Å². The van der Waals surface area contributed by atoms with Crippen LogP contribution in [0.5, 0.6) is 11.5 Å². The maximum Gasteiger partial charge on any atom is 0.305 e. The Bertz CT molecular complexity index is 3120. The molecule has 0 aromatic heterocycles. The van der Waals surface area contributed by atoms with Crippen molar-refractivity contribution in [1.82, 2.24) is 42.5 Å². The first-order valence-electron chi connectivity index (χ1n) is 34.7. The molecule has 2 atom stereocenters. The number of nitrogens with one attached hydrogen (secondary N) is 8. The number of ketones is 4. The minimum atomic E-state index is -1.09. The van der Waals surface area contributed by atoms with E-state index < -0.39 is 59.5 Å². The number of ether oxygens (including phenoxy) is 10. The molecule has 0 aliphatic carbocycles. The van der Waals surface area contributed by atoms with Gasteiger partial charge in [0, 0.05) is 110 Å². The van der Waals surface area contributed by atoms with Gasteiger partial charge in [-0.1, -0.05) is 10.2 Å². The van der Waals surface area contributed by atoms with Gasteiger partial charge in [0.1, 0.15) is 36.3 Å². The van der Waals surface area contributed by atoms with Gasteiger partial charge in [0.05, 0.1) is 144 Å². The van der Waals surface area contributed by atoms with E-state index in [4.69, 9.17) is 68.6 Å². The molecule has 0 aliphatic heterocycles. The van der Waals surface area contributed by atoms with Gasteiger partial charge in [-0.2, -0.15) is 0 Å². The Morgan fingerprint density at radius 3 is 0.889 bits per heavy atom. The molecule has 0 bridgehead atoms. The molecular weight excluding hydrogens is 1430 g/mol. The minimum absolute atomic E-state index is 0.00341. The Kier molecular flexibility index (Phi) is 54.8. The molecule has 10 N–H and O–H groups in total. The second-order valence-electron chi connectivity index (χ2n) is 23.0. The maximum absolute atomic E-state index is 13.2. The number of carboxylic acids is 2. The molecule has 8 amide bonds. The molecule has 2 unspecified atom stereocenters. The van der Waals surface area contributed by atoms with E-state index in [2.05, 4.69) is 62.6 Å². The van der Waals surface area contributed by atoms with Crippen molar-refractivity contribution < 1.29 is 125 Å². The van der Waals surface area contributed by atoms with Crippen LogP contribution in [0.15, 0.2) is 46.6 Å². The smallest absolute Gasteiger partial charge is 0.305 e. The molecule has 600 valence electrons. The van der Waals surface area contributed by atoms with Gasteiger partial charge < -0.3 is 110 Å². The van der Waals surface area contributed by atoms with Crippen molar-refractivity contribution in [3.8, 4) is 11.5 Å². The summed E-state index contributed by atoms with van der Waals surface area (Å²) in [7, 11) is 0. The number of aliphatic carboxylic acids is 2. The molecule has 0 spiro atoms. The van der Waals surface area contributed by atoms with Crippen LogP contribution in [0.2, 0.25) is 0 Å². The largest absolute Gasteiger partial charge is 0.492 e. The number of hydrogen-bond donors (Lipinski definition) is 10. The van der Waals surface area contributed by atoms with E-state index in [9.17, 15) is 67.1 Å². The molecular formula is C68H102N14O26. The van der Waals surface area contributed by atoms with Gasteiger partial charge in [0.25, 0.3) is 23.6 Å². The number of benzene rings is 2. The highest BCUT2D eigenvalue weighted by Crippen LogP contribution is 2.20. The average molecular weight is 1530 g/mol. The molecule has 108 heavy (non-hydrogen) atoms. The first-order chi connectivity index (χ1) is 51.8. The molecule has 2 aromatic carbocycles. The lowest BCUT2D eigenvalue weighted by Gasteiger charge is -2.16. The molecule has 2 rings (SSSR count). The monoisotopic (exact) mass is 1530 g/mol. The SMILES string of the molecule is CC(=O)CCC(NC(=O)CCNC(=O)c1cc(OCCNC(=O)CCOCCOCCOCCOCCN=[N+]=[N-])cc(C(=O)NCCC(=O)NC(CCC(C)=O)C(C)=O)c1)C(C)=O.[N-]=[N+]=NCCOCCOCCOCCOCCC(=O)NCCOc1cc(C(=O)NCCC(=O)O)cc(C(=O)NCCC(=O)O)c1. The van der Waals surface area contributed by atoms with Gasteiger partial charge >= 0.3 is 11.9 Å². The third-order valence-corrected chi connectivity index (χ3v) is 14.0. The van der Waals surface area contributed by atoms with Crippen molar-refractivity contribution >= 4 is 82.3 Å². The molecule has 2 aromatic rings. The summed E-state index contributed by atoms with van der Waals surface area (Å²) in [5.41, 5.74) is 16.4. The molecule has 40 nitrogen and oxygen atoms in total. The fourth-order valence-electron chi connectivity index (χ4n) is 8.47. The maximum atomic E-state index is 13.2. The van der Waals surface area contributed by atoms with E-state index in [1.807, 2.05) is 0 Å². The van der Waals surface area contributed by atoms with Crippen molar-refractivity contribution in [2.75, 3.05) is 171 Å². The van der Waals surface area contributed by atoms with Crippen LogP contribution in [0.3, 0.4) is 0 Å². The zero-order chi connectivity index (χ0) is 80.0. The van der Waals surface area contributed by atoms with Gasteiger partial charge in [0.15, 0.2) is 11.6 Å². The molecule has 40 heteroatoms. The summed E-state index contributed by atoms with van der Waals surface area (Å²) in [6.45, 7) is 10.7. The number of carbonyl (C=O) groups is 14. The highest BCUT2D eigenvalue weighted by atomic mass is 16.6. The Balaban J connectivity index is 0.00000114. The lowest BCUT2D eigenvalue weighted by molar-refractivity contribution is -0.137. The predicted octanol–water partition coefficient (Wildman–Crippen LogP) is 1.43. The third kappa shape index (κ3) is 52.6. The Morgan fingerprint density at radius 2 is 0.620 bits per heavy atom. The molecule has 0 saturated carbocycles. The van der Waals surface area contributed by atoms with Crippen LogP contribution in [0.25, 0.3) is 20.9 Å². The molecule has 0 aliphatic rings. The Morgan fingerprint density at radius 1 is 0.343 bits per heavy atom. The number of rotatable bonds is 64. The van der Waals surface area contributed by atoms with E-state index >= 15 is 0 Å². The average Bonchev–Trinajstić information content (AvgIpc) is 0.842. The van der Waals surface area contributed by atoms with Gasteiger partial charge in [-0.25, -0.2) is 0 Å². The zero-order valence-corrected chi connectivity index (χ0v) is 61.5. The summed E-state index contributed by atoms with van der Waals surface area (Å²) in [5, 5.41) is 44.8. The van der Waals surface area contributed by atoms with Crippen molar-refractivity contribution in [3.63, 3.8) is 0 Å². The van der Waals surface area contributed by atoms with Crippen LogP contribution in [0, 0.1) is 0 Å². The molecule has 0 radical (unpaired) electrons. The standard InChI is InChI=1S/C41H62N8O14.C27H40N6O12/c1-28(50)5-7-35(30(3)52)47-38(55)9-12-44-40(57)32-25-33(41(58)45-13-10-39(56)48-36(31(4)53)8-6-29(2)51)27-34(26-32)63-18-14-43-37(54)11-16-59-19-21-61-23-24-62-22-20-60-17-15-46-49-42;28-33-32-7-9-42-12-14-44-16-15-43-13-11-41-8-3-23(34)29-6-10-45-22-18-20(26(39)30-4-1-24(35)36)17-21(19-22)27(40)31-5-2-25(37)38/h25-27,35-36H,5-24H2,1-4H3,(H,43,54)(H,44,57)(H,45,58)(H,47,55)(H,48,56);17-19H,1-16H2,(H,29,34)(H,30,39)(H,31,40)(H,35,36)(H,37,38). The molecule has 0 heterocycles. The number of nitrogens with zero attached hydrogens (tertiary/aromatic N) is 6. The van der Waals surface area contributed by atoms with Crippen LogP contribution >= 0.6 is 0 Å². The summed E-state index contributed by atoms with van der Waals surface area (Å²) >= 11 is 0. The normalized spacial score (nSPS) is 11.1. The number of Topliss-reactive ketones (excluding diaryl/α,β-unsaturated/α-hetero) is 4. The summed E-state index contributed by atoms with van der Waals surface area (Å²) < 4.78 is 54.0. The second-order valence-corrected chi connectivity index (χ2v) is 23.0. The summed E-state index contributed by atoms with van der Waals surface area (Å²) in [6.07, 6.45) is -0.241. The first kappa shape index (κ1) is 95.7. The quantitative estimate of drug-likeness (QED) is 0.0194. The Hall–Kier alpha value is -10.3. The van der Waals surface area contributed by atoms with Crippen molar-refractivity contribution in [2.24, 2.45) is 10.2 Å². The van der Waals surface area contributed by atoms with E-state index in [0.29, 0.717) is 85.9 Å². The van der Waals surface area contributed by atoms with Crippen LogP contribution in [-0.4, -0.2) is 276 Å². The van der Waals surface area contributed by atoms with E-state index in [1.165, 1.54) is 64.1 Å². The lowest BCUT2D eigenvalue weighted by Crippen LogP contribution is -2.41. The van der Waals surface area contributed by atoms with Gasteiger partial charge in [-0.05, 0) is 88.0 Å². The predicted molar refractivity (Wildman–Crippen MR) is 382 cm³/mol. The fraction of sp³-hybridized carbons (Fsp3) is 0.618. The summed E-state index contributed by atoms with van der Waals surface area (Å²) in [4.78, 5) is 174. The van der Waals surface area contributed by atoms with E-state index in [0.717, 1.165) is 0 Å². The van der Waals surface area contributed by atoms with Crippen LogP contribution < -0.4 is 52.0 Å². The number of azide groups is 2. The van der Waals surface area contributed by atoms with E-state index in [1.54, 1.807) is 0 Å². The fourth-order valence-corrected chi connectivity index (χ4v) is 8.47. The van der Waals surface area contributed by atoms with Crippen molar-refractivity contribution in [1.29, 1.82) is 0 Å². The van der Waals surface area contributed by atoms with E-state index in [-0.39, 0.29) is 218 Å².